The first-order valence-electron chi connectivity index (χ1n) is 6.73. The van der Waals surface area contributed by atoms with Gasteiger partial charge in [0.2, 0.25) is 10.0 Å². The largest absolute Gasteiger partial charge is 0.393 e. The summed E-state index contributed by atoms with van der Waals surface area (Å²) in [6.07, 6.45) is 4.32. The lowest BCUT2D eigenvalue weighted by Crippen LogP contribution is -2.32. The molecule has 2 N–H and O–H groups in total. The molecule has 0 aliphatic carbocycles. The maximum atomic E-state index is 11.9. The second-order valence-corrected chi connectivity index (χ2v) is 6.82. The van der Waals surface area contributed by atoms with Crippen LogP contribution in [0.4, 0.5) is 0 Å². The van der Waals surface area contributed by atoms with Crippen LogP contribution in [0, 0.1) is 5.92 Å². The predicted octanol–water partition coefficient (Wildman–Crippen LogP) is -0.124. The number of aromatic nitrogens is 2. The minimum absolute atomic E-state index is 0.139. The van der Waals surface area contributed by atoms with E-state index in [0.717, 1.165) is 12.8 Å². The Labute approximate surface area is 119 Å². The van der Waals surface area contributed by atoms with Crippen molar-refractivity contribution >= 4 is 10.0 Å². The lowest BCUT2D eigenvalue weighted by Gasteiger charge is -2.26. The van der Waals surface area contributed by atoms with E-state index in [1.165, 1.54) is 17.1 Å². The van der Waals surface area contributed by atoms with Gasteiger partial charge in [0, 0.05) is 33.0 Å². The van der Waals surface area contributed by atoms with E-state index in [1.54, 1.807) is 7.05 Å². The smallest absolute Gasteiger partial charge is 0.243 e. The highest BCUT2D eigenvalue weighted by molar-refractivity contribution is 7.89. The van der Waals surface area contributed by atoms with Gasteiger partial charge in [-0.2, -0.15) is 5.10 Å². The number of aryl methyl sites for hydroxylation is 1. The highest BCUT2D eigenvalue weighted by Gasteiger charge is 2.23. The van der Waals surface area contributed by atoms with Crippen molar-refractivity contribution in [3.05, 3.63) is 12.4 Å². The third-order valence-corrected chi connectivity index (χ3v) is 4.95. The Bertz CT molecular complexity index is 523. The molecule has 7 nitrogen and oxygen atoms in total. The minimum atomic E-state index is -3.53. The summed E-state index contributed by atoms with van der Waals surface area (Å²) in [4.78, 5) is 0.139. The molecule has 0 spiro atoms. The standard InChI is InChI=1S/C12H21N3O4S/c1-15-9-11(8-13-15)20(17,18)14-5-2-12(16)10-3-6-19-7-4-10/h8-10,12,14,16H,2-7H2,1H3/t12-/m1/s1. The molecule has 114 valence electrons. The van der Waals surface area contributed by atoms with E-state index >= 15 is 0 Å². The van der Waals surface area contributed by atoms with Crippen molar-refractivity contribution in [3.8, 4) is 0 Å². The number of hydrogen-bond donors (Lipinski definition) is 2. The molecule has 8 heteroatoms. The van der Waals surface area contributed by atoms with E-state index in [1.807, 2.05) is 0 Å². The van der Waals surface area contributed by atoms with Crippen molar-refractivity contribution in [1.82, 2.24) is 14.5 Å². The monoisotopic (exact) mass is 303 g/mol. The van der Waals surface area contributed by atoms with E-state index in [4.69, 9.17) is 4.74 Å². The number of ether oxygens (including phenoxy) is 1. The summed E-state index contributed by atoms with van der Waals surface area (Å²) in [6, 6.07) is 0. The van der Waals surface area contributed by atoms with Crippen LogP contribution in [0.15, 0.2) is 17.3 Å². The van der Waals surface area contributed by atoms with Crippen LogP contribution in [0.1, 0.15) is 19.3 Å². The number of rotatable bonds is 6. The molecule has 0 aromatic carbocycles. The third kappa shape index (κ3) is 4.02. The van der Waals surface area contributed by atoms with Crippen LogP contribution in [0.25, 0.3) is 0 Å². The fraction of sp³-hybridized carbons (Fsp3) is 0.750. The Morgan fingerprint density at radius 3 is 2.85 bits per heavy atom. The summed E-state index contributed by atoms with van der Waals surface area (Å²) in [7, 11) is -1.87. The van der Waals surface area contributed by atoms with E-state index < -0.39 is 16.1 Å². The summed E-state index contributed by atoms with van der Waals surface area (Å²) in [5.41, 5.74) is 0. The normalized spacial score (nSPS) is 19.1. The second kappa shape index (κ2) is 6.66. The second-order valence-electron chi connectivity index (χ2n) is 5.05. The highest BCUT2D eigenvalue weighted by atomic mass is 32.2. The number of nitrogens with one attached hydrogen (secondary N) is 1. The molecule has 20 heavy (non-hydrogen) atoms. The third-order valence-electron chi connectivity index (χ3n) is 3.53. The van der Waals surface area contributed by atoms with Crippen LogP contribution in [0.3, 0.4) is 0 Å². The average Bonchev–Trinajstić information content (AvgIpc) is 2.87. The summed E-state index contributed by atoms with van der Waals surface area (Å²) in [5.74, 6) is 0.201. The van der Waals surface area contributed by atoms with Crippen molar-refractivity contribution in [2.75, 3.05) is 19.8 Å². The van der Waals surface area contributed by atoms with Gasteiger partial charge in [0.25, 0.3) is 0 Å². The van der Waals surface area contributed by atoms with Crippen molar-refractivity contribution in [2.24, 2.45) is 13.0 Å². The van der Waals surface area contributed by atoms with Crippen molar-refractivity contribution in [2.45, 2.75) is 30.3 Å². The van der Waals surface area contributed by atoms with Gasteiger partial charge < -0.3 is 9.84 Å². The number of hydrogen-bond acceptors (Lipinski definition) is 5. The maximum absolute atomic E-state index is 11.9. The molecule has 2 heterocycles. The lowest BCUT2D eigenvalue weighted by molar-refractivity contribution is 0.00567. The fourth-order valence-electron chi connectivity index (χ4n) is 2.30. The topological polar surface area (TPSA) is 93.5 Å². The Balaban J connectivity index is 1.80. The zero-order valence-corrected chi connectivity index (χ0v) is 12.3. The molecule has 1 saturated heterocycles. The van der Waals surface area contributed by atoms with Gasteiger partial charge in [0.15, 0.2) is 0 Å². The van der Waals surface area contributed by atoms with Gasteiger partial charge in [-0.25, -0.2) is 13.1 Å². The van der Waals surface area contributed by atoms with Gasteiger partial charge in [-0.1, -0.05) is 0 Å². The molecule has 0 radical (unpaired) electrons. The Morgan fingerprint density at radius 1 is 1.55 bits per heavy atom. The molecule has 2 rings (SSSR count). The van der Waals surface area contributed by atoms with Crippen LogP contribution in [-0.2, 0) is 21.8 Å². The number of aliphatic hydroxyl groups is 1. The lowest BCUT2D eigenvalue weighted by atomic mass is 9.92. The van der Waals surface area contributed by atoms with Crippen molar-refractivity contribution in [1.29, 1.82) is 0 Å². The molecule has 1 atom stereocenters. The fourth-order valence-corrected chi connectivity index (χ4v) is 3.33. The first kappa shape index (κ1) is 15.4. The van der Waals surface area contributed by atoms with Gasteiger partial charge in [-0.15, -0.1) is 0 Å². The first-order chi connectivity index (χ1) is 9.49. The van der Waals surface area contributed by atoms with Crippen LogP contribution in [0.5, 0.6) is 0 Å². The van der Waals surface area contributed by atoms with Crippen LogP contribution >= 0.6 is 0 Å². The Hall–Kier alpha value is -0.960. The molecule has 1 aliphatic heterocycles. The molecular weight excluding hydrogens is 282 g/mol. The molecule has 1 fully saturated rings. The van der Waals surface area contributed by atoms with Gasteiger partial charge >= 0.3 is 0 Å². The molecule has 1 aromatic rings. The van der Waals surface area contributed by atoms with Crippen LogP contribution in [-0.4, -0.2) is 49.2 Å². The van der Waals surface area contributed by atoms with E-state index in [9.17, 15) is 13.5 Å². The first-order valence-corrected chi connectivity index (χ1v) is 8.21. The highest BCUT2D eigenvalue weighted by Crippen LogP contribution is 2.20. The molecule has 0 bridgehead atoms. The molecule has 0 unspecified atom stereocenters. The Morgan fingerprint density at radius 2 is 2.25 bits per heavy atom. The van der Waals surface area contributed by atoms with Crippen LogP contribution in [0.2, 0.25) is 0 Å². The number of sulfonamides is 1. The number of aliphatic hydroxyl groups excluding tert-OH is 1. The zero-order valence-electron chi connectivity index (χ0n) is 11.5. The number of nitrogens with zero attached hydrogens (tertiary/aromatic N) is 2. The SMILES string of the molecule is Cn1cc(S(=O)(=O)NCC[C@@H](O)C2CCOCC2)cn1. The van der Waals surface area contributed by atoms with Gasteiger partial charge in [-0.3, -0.25) is 4.68 Å². The molecular formula is C12H21N3O4S. The molecule has 1 aromatic heterocycles. The summed E-state index contributed by atoms with van der Waals surface area (Å²) in [5, 5.41) is 13.9. The summed E-state index contributed by atoms with van der Waals surface area (Å²) in [6.45, 7) is 1.56. The summed E-state index contributed by atoms with van der Waals surface area (Å²) < 4.78 is 33.0. The molecule has 0 amide bonds. The van der Waals surface area contributed by atoms with E-state index in [0.29, 0.717) is 19.6 Å². The Kier molecular flexibility index (Phi) is 5.14. The van der Waals surface area contributed by atoms with Gasteiger partial charge in [0.05, 0.1) is 12.3 Å². The van der Waals surface area contributed by atoms with Crippen molar-refractivity contribution in [3.63, 3.8) is 0 Å². The predicted molar refractivity (Wildman–Crippen MR) is 72.6 cm³/mol. The molecule has 0 saturated carbocycles. The zero-order chi connectivity index (χ0) is 14.6. The maximum Gasteiger partial charge on any atom is 0.243 e. The van der Waals surface area contributed by atoms with Crippen molar-refractivity contribution < 1.29 is 18.3 Å². The summed E-state index contributed by atoms with van der Waals surface area (Å²) >= 11 is 0. The minimum Gasteiger partial charge on any atom is -0.393 e. The molecule has 1 aliphatic rings. The van der Waals surface area contributed by atoms with Gasteiger partial charge in [-0.05, 0) is 25.2 Å². The van der Waals surface area contributed by atoms with E-state index in [2.05, 4.69) is 9.82 Å². The average molecular weight is 303 g/mol. The van der Waals surface area contributed by atoms with E-state index in [-0.39, 0.29) is 17.4 Å². The van der Waals surface area contributed by atoms with Gasteiger partial charge in [0.1, 0.15) is 4.90 Å². The van der Waals surface area contributed by atoms with Crippen LogP contribution < -0.4 is 4.72 Å². The quantitative estimate of drug-likeness (QED) is 0.764.